The fraction of sp³-hybridized carbons (Fsp3) is 0.219. The minimum Gasteiger partial charge on any atom is -0.287 e. The van der Waals surface area contributed by atoms with Crippen LogP contribution in [0.15, 0.2) is 114 Å². The van der Waals surface area contributed by atoms with E-state index in [1.54, 1.807) is 0 Å². The van der Waals surface area contributed by atoms with Gasteiger partial charge in [-0.25, -0.2) is 0 Å². The Labute approximate surface area is 207 Å². The van der Waals surface area contributed by atoms with Gasteiger partial charge in [0.05, 0.1) is 6.04 Å². The third-order valence-electron chi connectivity index (χ3n) is 8.00. The standard InChI is InChI=1S/C32H29NS/c1-31-25-17-9-11-19-27(25)32(2,28-20-12-10-18-26(28)31)30(34-22-24-15-7-4-8-16-24)29(31)33-21-23-13-5-3-6-14-23/h3-21,29-30H,22H2,1-2H3. The summed E-state index contributed by atoms with van der Waals surface area (Å²) in [5.41, 5.74) is 8.04. The molecule has 3 aliphatic carbocycles. The topological polar surface area (TPSA) is 12.4 Å². The van der Waals surface area contributed by atoms with Crippen LogP contribution < -0.4 is 0 Å². The van der Waals surface area contributed by atoms with Crippen LogP contribution in [0.3, 0.4) is 0 Å². The monoisotopic (exact) mass is 459 g/mol. The Morgan fingerprint density at radius 2 is 1.12 bits per heavy atom. The van der Waals surface area contributed by atoms with Crippen molar-refractivity contribution in [3.63, 3.8) is 0 Å². The lowest BCUT2D eigenvalue weighted by Crippen LogP contribution is -2.62. The van der Waals surface area contributed by atoms with Gasteiger partial charge in [0.25, 0.3) is 0 Å². The molecule has 0 saturated heterocycles. The van der Waals surface area contributed by atoms with Crippen LogP contribution in [-0.4, -0.2) is 17.5 Å². The second-order valence-corrected chi connectivity index (χ2v) is 11.0. The van der Waals surface area contributed by atoms with Gasteiger partial charge in [0, 0.05) is 28.0 Å². The molecule has 0 heterocycles. The van der Waals surface area contributed by atoms with Crippen LogP contribution in [0.1, 0.15) is 47.2 Å². The van der Waals surface area contributed by atoms with Crippen LogP contribution in [0, 0.1) is 0 Å². The summed E-state index contributed by atoms with van der Waals surface area (Å²) in [4.78, 5) is 5.40. The zero-order valence-electron chi connectivity index (χ0n) is 19.7. The molecule has 0 amide bonds. The fourth-order valence-corrected chi connectivity index (χ4v) is 7.94. The molecule has 34 heavy (non-hydrogen) atoms. The number of nitrogens with zero attached hydrogens (tertiary/aromatic N) is 1. The van der Waals surface area contributed by atoms with Crippen molar-refractivity contribution in [2.45, 2.75) is 41.7 Å². The van der Waals surface area contributed by atoms with Crippen molar-refractivity contribution in [1.29, 1.82) is 0 Å². The lowest BCUT2D eigenvalue weighted by Gasteiger charge is -2.60. The van der Waals surface area contributed by atoms with Crippen LogP contribution in [-0.2, 0) is 16.6 Å². The summed E-state index contributed by atoms with van der Waals surface area (Å²) in [6, 6.07) is 39.7. The number of aliphatic imine (C=N–C) groups is 1. The Kier molecular flexibility index (Phi) is 5.22. The van der Waals surface area contributed by atoms with E-state index in [1.807, 2.05) is 0 Å². The molecule has 0 spiro atoms. The van der Waals surface area contributed by atoms with Gasteiger partial charge in [-0.2, -0.15) is 11.8 Å². The summed E-state index contributed by atoms with van der Waals surface area (Å²) >= 11 is 2.07. The van der Waals surface area contributed by atoms with Crippen LogP contribution in [0.4, 0.5) is 0 Å². The zero-order valence-corrected chi connectivity index (χ0v) is 20.5. The van der Waals surface area contributed by atoms with Crippen LogP contribution in [0.5, 0.6) is 0 Å². The summed E-state index contributed by atoms with van der Waals surface area (Å²) in [5.74, 6) is 0.985. The van der Waals surface area contributed by atoms with Gasteiger partial charge in [-0.05, 0) is 40.3 Å². The van der Waals surface area contributed by atoms with E-state index in [0.29, 0.717) is 5.25 Å². The number of thioether (sulfide) groups is 1. The molecule has 4 aromatic rings. The number of hydrogen-bond acceptors (Lipinski definition) is 2. The van der Waals surface area contributed by atoms with E-state index in [1.165, 1.54) is 27.8 Å². The number of benzene rings is 4. The third-order valence-corrected chi connectivity index (χ3v) is 9.58. The third kappa shape index (κ3) is 3.12. The predicted octanol–water partition coefficient (Wildman–Crippen LogP) is 7.42. The maximum Gasteiger partial charge on any atom is 0.0764 e. The minimum absolute atomic E-state index is 0.108. The first kappa shape index (κ1) is 21.4. The molecular formula is C32H29NS. The predicted molar refractivity (Wildman–Crippen MR) is 145 cm³/mol. The molecule has 0 fully saturated rings. The molecule has 4 aromatic carbocycles. The molecular weight excluding hydrogens is 430 g/mol. The number of fused-ring (bicyclic) bond motifs is 1. The Balaban J connectivity index is 1.54. The largest absolute Gasteiger partial charge is 0.287 e. The highest BCUT2D eigenvalue weighted by Gasteiger charge is 2.62. The molecule has 168 valence electrons. The normalized spacial score (nSPS) is 26.9. The van der Waals surface area contributed by atoms with Crippen molar-refractivity contribution in [2.24, 2.45) is 4.99 Å². The van der Waals surface area contributed by atoms with E-state index >= 15 is 0 Å². The maximum atomic E-state index is 5.40. The first-order valence-corrected chi connectivity index (χ1v) is 13.1. The summed E-state index contributed by atoms with van der Waals surface area (Å²) in [7, 11) is 0. The lowest BCUT2D eigenvalue weighted by atomic mass is 9.48. The molecule has 2 heteroatoms. The van der Waals surface area contributed by atoms with E-state index in [9.17, 15) is 0 Å². The number of rotatable bonds is 5. The molecule has 0 aliphatic heterocycles. The molecule has 2 bridgehead atoms. The maximum absolute atomic E-state index is 5.40. The molecule has 0 saturated carbocycles. The lowest BCUT2D eigenvalue weighted by molar-refractivity contribution is 0.294. The molecule has 0 radical (unpaired) electrons. The molecule has 0 aromatic heterocycles. The van der Waals surface area contributed by atoms with E-state index in [0.717, 1.165) is 11.3 Å². The highest BCUT2D eigenvalue weighted by molar-refractivity contribution is 7.99. The zero-order chi connectivity index (χ0) is 23.2. The quantitative estimate of drug-likeness (QED) is 0.283. The van der Waals surface area contributed by atoms with Gasteiger partial charge in [-0.1, -0.05) is 116 Å². The Bertz CT molecular complexity index is 1290. The second kappa shape index (κ2) is 8.29. The molecule has 3 aliphatic rings. The van der Waals surface area contributed by atoms with Gasteiger partial charge in [0.2, 0.25) is 0 Å². The van der Waals surface area contributed by atoms with Gasteiger partial charge in [0.15, 0.2) is 0 Å². The van der Waals surface area contributed by atoms with E-state index < -0.39 is 0 Å². The Hall–Kier alpha value is -3.10. The van der Waals surface area contributed by atoms with Crippen molar-refractivity contribution < 1.29 is 0 Å². The average Bonchev–Trinajstić information content (AvgIpc) is 2.90. The first-order chi connectivity index (χ1) is 16.6. The highest BCUT2D eigenvalue weighted by Crippen LogP contribution is 2.62. The van der Waals surface area contributed by atoms with Gasteiger partial charge in [-0.15, -0.1) is 0 Å². The summed E-state index contributed by atoms with van der Waals surface area (Å²) < 4.78 is 0. The number of hydrogen-bond donors (Lipinski definition) is 0. The summed E-state index contributed by atoms with van der Waals surface area (Å²) in [5, 5.41) is 0.322. The SMILES string of the molecule is CC12c3ccccc3C(C)(c3ccccc31)C(SCc1ccccc1)C2N=Cc1ccccc1. The average molecular weight is 460 g/mol. The Morgan fingerprint density at radius 1 is 0.647 bits per heavy atom. The first-order valence-electron chi connectivity index (χ1n) is 12.1. The molecule has 2 unspecified atom stereocenters. The summed E-state index contributed by atoms with van der Waals surface area (Å²) in [6.07, 6.45) is 2.10. The van der Waals surface area contributed by atoms with Crippen molar-refractivity contribution in [3.05, 3.63) is 143 Å². The van der Waals surface area contributed by atoms with Crippen molar-refractivity contribution in [1.82, 2.24) is 0 Å². The van der Waals surface area contributed by atoms with Gasteiger partial charge in [-0.3, -0.25) is 4.99 Å². The summed E-state index contributed by atoms with van der Waals surface area (Å²) in [6.45, 7) is 4.88. The van der Waals surface area contributed by atoms with E-state index in [2.05, 4.69) is 141 Å². The highest BCUT2D eigenvalue weighted by atomic mass is 32.2. The fourth-order valence-electron chi connectivity index (χ4n) is 6.26. The second-order valence-electron chi connectivity index (χ2n) is 9.85. The van der Waals surface area contributed by atoms with E-state index in [4.69, 9.17) is 4.99 Å². The van der Waals surface area contributed by atoms with Crippen LogP contribution in [0.25, 0.3) is 0 Å². The van der Waals surface area contributed by atoms with Gasteiger partial charge in [0.1, 0.15) is 0 Å². The van der Waals surface area contributed by atoms with Crippen LogP contribution in [0.2, 0.25) is 0 Å². The van der Waals surface area contributed by atoms with Crippen molar-refractivity contribution >= 4 is 18.0 Å². The molecule has 7 rings (SSSR count). The van der Waals surface area contributed by atoms with Gasteiger partial charge >= 0.3 is 0 Å². The smallest absolute Gasteiger partial charge is 0.0764 e. The molecule has 2 atom stereocenters. The minimum atomic E-state index is -0.176. The van der Waals surface area contributed by atoms with Crippen molar-refractivity contribution in [2.75, 3.05) is 0 Å². The Morgan fingerprint density at radius 3 is 1.68 bits per heavy atom. The van der Waals surface area contributed by atoms with Gasteiger partial charge < -0.3 is 0 Å². The van der Waals surface area contributed by atoms with Crippen molar-refractivity contribution in [3.8, 4) is 0 Å². The van der Waals surface area contributed by atoms with E-state index in [-0.39, 0.29) is 16.9 Å². The molecule has 1 nitrogen and oxygen atoms in total. The molecule has 0 N–H and O–H groups in total. The van der Waals surface area contributed by atoms with Crippen LogP contribution >= 0.6 is 11.8 Å².